The molecule has 3 rings (SSSR count). The van der Waals surface area contributed by atoms with Gasteiger partial charge in [0.15, 0.2) is 0 Å². The summed E-state index contributed by atoms with van der Waals surface area (Å²) in [7, 11) is 0. The minimum absolute atomic E-state index is 0.377. The second-order valence-corrected chi connectivity index (χ2v) is 8.71. The first-order chi connectivity index (χ1) is 21.0. The maximum absolute atomic E-state index is 5.64. The number of nitrogens with zero attached hydrogens (tertiary/aromatic N) is 9. The van der Waals surface area contributed by atoms with E-state index >= 15 is 0 Å². The number of anilines is 8. The highest BCUT2D eigenvalue weighted by atomic mass is 15.3. The van der Waals surface area contributed by atoms with Gasteiger partial charge in [-0.15, -0.1) is 0 Å². The third-order valence-electron chi connectivity index (χ3n) is 5.11. The lowest BCUT2D eigenvalue weighted by Gasteiger charge is -2.13. The van der Waals surface area contributed by atoms with Gasteiger partial charge in [-0.1, -0.05) is 0 Å². The van der Waals surface area contributed by atoms with Gasteiger partial charge >= 0.3 is 0 Å². The van der Waals surface area contributed by atoms with E-state index in [2.05, 4.69) is 87.4 Å². The van der Waals surface area contributed by atoms with Crippen LogP contribution < -0.4 is 65.5 Å². The van der Waals surface area contributed by atoms with Crippen molar-refractivity contribution in [3.05, 3.63) is 5.82 Å². The van der Waals surface area contributed by atoms with Gasteiger partial charge in [0.25, 0.3) is 0 Å². The van der Waals surface area contributed by atoms with Crippen LogP contribution in [0.5, 0.6) is 0 Å². The van der Waals surface area contributed by atoms with E-state index in [4.69, 9.17) is 22.9 Å². The smallest absolute Gasteiger partial charge is 0.229 e. The number of rotatable bonds is 22. The predicted octanol–water partition coefficient (Wildman–Crippen LogP) is -2.92. The van der Waals surface area contributed by atoms with Crippen LogP contribution in [0, 0.1) is 6.92 Å². The number of nitrogens with one attached hydrogen (secondary N) is 8. The van der Waals surface area contributed by atoms with E-state index in [0.29, 0.717) is 132 Å². The van der Waals surface area contributed by atoms with Crippen molar-refractivity contribution in [2.45, 2.75) is 6.92 Å². The standard InChI is InChI=1S/C22H43N21/c1-14-35-15(27-6-2-23)37-16(36-14)31-10-11-32-21-41-19(30-9-5-26)42-22(43-21)34-13-12-33-20-39-17(28-7-3-24)38-18(40-20)29-8-4-25/h2-13,23-26H2,1H3,(H2,27,31,35,36,37)(H3,28,29,33,38,39,40)(H3,30,32,34,41,42,43). The summed E-state index contributed by atoms with van der Waals surface area (Å²) in [5, 5.41) is 24.9. The van der Waals surface area contributed by atoms with Gasteiger partial charge in [-0.25, -0.2) is 0 Å². The van der Waals surface area contributed by atoms with Gasteiger partial charge in [0.05, 0.1) is 0 Å². The van der Waals surface area contributed by atoms with Crippen LogP contribution in [0.4, 0.5) is 47.6 Å². The van der Waals surface area contributed by atoms with E-state index in [9.17, 15) is 0 Å². The largest absolute Gasteiger partial charge is 0.353 e. The summed E-state index contributed by atoms with van der Waals surface area (Å²) in [5.41, 5.74) is 22.3. The Morgan fingerprint density at radius 3 is 0.721 bits per heavy atom. The molecule has 3 aromatic heterocycles. The Bertz CT molecular complexity index is 1200. The molecule has 0 aliphatic rings. The number of aryl methyl sites for hydroxylation is 1. The van der Waals surface area contributed by atoms with Crippen molar-refractivity contribution in [2.24, 2.45) is 22.9 Å². The minimum Gasteiger partial charge on any atom is -0.353 e. The molecule has 3 heterocycles. The van der Waals surface area contributed by atoms with E-state index in [1.807, 2.05) is 0 Å². The molecule has 21 nitrogen and oxygen atoms in total. The SMILES string of the molecule is Cc1nc(NCCN)nc(NCCNc2nc(NCCN)nc(NCCNc3nc(NCCN)nc(NCCN)n3)n2)n1. The number of hydrogen-bond acceptors (Lipinski definition) is 21. The lowest BCUT2D eigenvalue weighted by Crippen LogP contribution is -2.22. The molecule has 236 valence electrons. The first-order valence-corrected chi connectivity index (χ1v) is 14.0. The molecule has 0 aromatic carbocycles. The van der Waals surface area contributed by atoms with Crippen molar-refractivity contribution in [3.8, 4) is 0 Å². The summed E-state index contributed by atoms with van der Waals surface area (Å²) in [6.45, 7) is 7.61. The molecule has 0 saturated carbocycles. The summed E-state index contributed by atoms with van der Waals surface area (Å²) in [4.78, 5) is 39.3. The van der Waals surface area contributed by atoms with Crippen LogP contribution in [0.3, 0.4) is 0 Å². The zero-order valence-corrected chi connectivity index (χ0v) is 24.3. The average Bonchev–Trinajstić information content (AvgIpc) is 3.01. The van der Waals surface area contributed by atoms with E-state index in [0.717, 1.165) is 0 Å². The van der Waals surface area contributed by atoms with Crippen LogP contribution in [0.15, 0.2) is 0 Å². The summed E-state index contributed by atoms with van der Waals surface area (Å²) >= 11 is 0. The summed E-state index contributed by atoms with van der Waals surface area (Å²) < 4.78 is 0. The van der Waals surface area contributed by atoms with Crippen LogP contribution in [0.2, 0.25) is 0 Å². The molecule has 0 spiro atoms. The van der Waals surface area contributed by atoms with E-state index in [1.54, 1.807) is 6.92 Å². The molecule has 0 aliphatic heterocycles. The third kappa shape index (κ3) is 12.4. The molecule has 0 amide bonds. The summed E-state index contributed by atoms with van der Waals surface area (Å²) in [6, 6.07) is 0. The lowest BCUT2D eigenvalue weighted by molar-refractivity contribution is 0.915. The van der Waals surface area contributed by atoms with Crippen molar-refractivity contribution in [2.75, 3.05) is 121 Å². The summed E-state index contributed by atoms with van der Waals surface area (Å²) in [6.07, 6.45) is 0. The molecule has 0 aliphatic carbocycles. The molecule has 0 atom stereocenters. The van der Waals surface area contributed by atoms with Crippen molar-refractivity contribution >= 4 is 47.6 Å². The second-order valence-electron chi connectivity index (χ2n) is 8.71. The fraction of sp³-hybridized carbons (Fsp3) is 0.591. The van der Waals surface area contributed by atoms with Crippen LogP contribution in [-0.2, 0) is 0 Å². The van der Waals surface area contributed by atoms with Crippen molar-refractivity contribution in [1.82, 2.24) is 44.9 Å². The highest BCUT2D eigenvalue weighted by molar-refractivity contribution is 5.44. The monoisotopic (exact) mass is 601 g/mol. The third-order valence-corrected chi connectivity index (χ3v) is 5.11. The maximum atomic E-state index is 5.64. The van der Waals surface area contributed by atoms with E-state index in [-0.39, 0.29) is 0 Å². The Balaban J connectivity index is 1.55. The van der Waals surface area contributed by atoms with Gasteiger partial charge in [0, 0.05) is 78.5 Å². The normalized spacial score (nSPS) is 10.6. The Morgan fingerprint density at radius 1 is 0.326 bits per heavy atom. The van der Waals surface area contributed by atoms with Crippen LogP contribution >= 0.6 is 0 Å². The highest BCUT2D eigenvalue weighted by Crippen LogP contribution is 2.11. The zero-order valence-electron chi connectivity index (χ0n) is 24.3. The number of hydrogen-bond donors (Lipinski definition) is 12. The van der Waals surface area contributed by atoms with Crippen LogP contribution in [-0.4, -0.2) is 123 Å². The molecule has 16 N–H and O–H groups in total. The van der Waals surface area contributed by atoms with Gasteiger partial charge < -0.3 is 65.5 Å². The number of aromatic nitrogens is 9. The van der Waals surface area contributed by atoms with Gasteiger partial charge in [-0.3, -0.25) is 0 Å². The molecule has 0 saturated heterocycles. The van der Waals surface area contributed by atoms with Gasteiger partial charge in [0.1, 0.15) is 5.82 Å². The maximum Gasteiger partial charge on any atom is 0.229 e. The summed E-state index contributed by atoms with van der Waals surface area (Å²) in [5.74, 6) is 3.86. The molecule has 0 bridgehead atoms. The molecule has 0 fully saturated rings. The zero-order chi connectivity index (χ0) is 30.7. The minimum atomic E-state index is 0.377. The van der Waals surface area contributed by atoms with Crippen LogP contribution in [0.25, 0.3) is 0 Å². The molecule has 0 radical (unpaired) electrons. The molecule has 43 heavy (non-hydrogen) atoms. The highest BCUT2D eigenvalue weighted by Gasteiger charge is 2.09. The van der Waals surface area contributed by atoms with E-state index < -0.39 is 0 Å². The Labute approximate surface area is 249 Å². The fourth-order valence-electron chi connectivity index (χ4n) is 3.30. The van der Waals surface area contributed by atoms with Gasteiger partial charge in [0.2, 0.25) is 47.6 Å². The molecular formula is C22H43N21. The molecule has 21 heteroatoms. The molecule has 3 aromatic rings. The van der Waals surface area contributed by atoms with Gasteiger partial charge in [-0.2, -0.15) is 44.9 Å². The van der Waals surface area contributed by atoms with Crippen molar-refractivity contribution < 1.29 is 0 Å². The molecular weight excluding hydrogens is 558 g/mol. The topological polar surface area (TPSA) is 316 Å². The number of nitrogens with two attached hydrogens (primary N) is 4. The fourth-order valence-corrected chi connectivity index (χ4v) is 3.30. The van der Waals surface area contributed by atoms with Crippen molar-refractivity contribution in [3.63, 3.8) is 0 Å². The quantitative estimate of drug-likeness (QED) is 0.0513. The predicted molar refractivity (Wildman–Crippen MR) is 168 cm³/mol. The molecule has 0 unspecified atom stereocenters. The van der Waals surface area contributed by atoms with Crippen LogP contribution in [0.1, 0.15) is 5.82 Å². The van der Waals surface area contributed by atoms with Crippen molar-refractivity contribution in [1.29, 1.82) is 0 Å². The second kappa shape index (κ2) is 18.7. The lowest BCUT2D eigenvalue weighted by atomic mass is 10.6. The van der Waals surface area contributed by atoms with Gasteiger partial charge in [-0.05, 0) is 6.92 Å². The first kappa shape index (κ1) is 32.8. The Hall–Kier alpha value is -4.73. The Kier molecular flexibility index (Phi) is 14.2. The average molecular weight is 602 g/mol. The Morgan fingerprint density at radius 2 is 0.512 bits per heavy atom. The van der Waals surface area contributed by atoms with E-state index in [1.165, 1.54) is 0 Å². The first-order valence-electron chi connectivity index (χ1n) is 14.0.